The molecule has 0 radical (unpaired) electrons. The zero-order chi connectivity index (χ0) is 11.3. The van der Waals surface area contributed by atoms with Gasteiger partial charge in [0.2, 0.25) is 8.32 Å². The molecule has 1 aliphatic rings. The molecule has 0 saturated carbocycles. The number of rotatable bonds is 3. The van der Waals surface area contributed by atoms with E-state index in [1.807, 2.05) is 6.07 Å². The highest BCUT2D eigenvalue weighted by Gasteiger charge is 2.30. The molecule has 1 aromatic carbocycles. The highest BCUT2D eigenvalue weighted by molar-refractivity contribution is 6.84. The summed E-state index contributed by atoms with van der Waals surface area (Å²) in [5.41, 5.74) is 5.57. The van der Waals surface area contributed by atoms with E-state index in [-0.39, 0.29) is 0 Å². The topological polar surface area (TPSA) is 9.23 Å². The number of benzene rings is 1. The quantitative estimate of drug-likeness (QED) is 0.719. The van der Waals surface area contributed by atoms with Gasteiger partial charge in [0, 0.05) is 6.61 Å². The fraction of sp³-hybridized carbons (Fsp3) is 0.286. The SMILES string of the molecule is C=C[Si]1(C=Cc2ccccc2)CCCCO1. The summed E-state index contributed by atoms with van der Waals surface area (Å²) in [5, 5.41) is 0. The first-order valence-electron chi connectivity index (χ1n) is 5.86. The van der Waals surface area contributed by atoms with Crippen LogP contribution >= 0.6 is 0 Å². The van der Waals surface area contributed by atoms with Crippen molar-refractivity contribution in [3.63, 3.8) is 0 Å². The molecule has 0 spiro atoms. The summed E-state index contributed by atoms with van der Waals surface area (Å²) in [5.74, 6) is 0. The van der Waals surface area contributed by atoms with E-state index in [4.69, 9.17) is 4.43 Å². The van der Waals surface area contributed by atoms with Gasteiger partial charge in [0.15, 0.2) is 0 Å². The normalized spacial score (nSPS) is 25.8. The maximum Gasteiger partial charge on any atom is 0.240 e. The van der Waals surface area contributed by atoms with Crippen LogP contribution in [0.2, 0.25) is 6.04 Å². The molecule has 1 aliphatic heterocycles. The van der Waals surface area contributed by atoms with E-state index in [0.717, 1.165) is 6.61 Å². The minimum absolute atomic E-state index is 0.900. The maximum absolute atomic E-state index is 5.97. The van der Waals surface area contributed by atoms with E-state index in [2.05, 4.69) is 48.3 Å². The second-order valence-electron chi connectivity index (χ2n) is 4.21. The Hall–Kier alpha value is -1.12. The van der Waals surface area contributed by atoms with Gasteiger partial charge in [-0.1, -0.05) is 54.2 Å². The second-order valence-corrected chi connectivity index (χ2v) is 7.65. The lowest BCUT2D eigenvalue weighted by Crippen LogP contribution is -2.37. The molecular weight excluding hydrogens is 212 g/mol. The molecule has 1 aromatic rings. The van der Waals surface area contributed by atoms with Crippen molar-refractivity contribution in [3.05, 3.63) is 53.9 Å². The third-order valence-electron chi connectivity index (χ3n) is 3.04. The van der Waals surface area contributed by atoms with Crippen molar-refractivity contribution >= 4 is 14.4 Å². The molecule has 0 N–H and O–H groups in total. The van der Waals surface area contributed by atoms with E-state index in [9.17, 15) is 0 Å². The third kappa shape index (κ3) is 2.71. The maximum atomic E-state index is 5.97. The smallest absolute Gasteiger partial charge is 0.240 e. The highest BCUT2D eigenvalue weighted by Crippen LogP contribution is 2.24. The van der Waals surface area contributed by atoms with Crippen molar-refractivity contribution in [2.75, 3.05) is 6.61 Å². The van der Waals surface area contributed by atoms with Gasteiger partial charge >= 0.3 is 0 Å². The van der Waals surface area contributed by atoms with Crippen LogP contribution in [-0.4, -0.2) is 14.9 Å². The summed E-state index contributed by atoms with van der Waals surface area (Å²) >= 11 is 0. The molecule has 1 saturated heterocycles. The van der Waals surface area contributed by atoms with Gasteiger partial charge in [-0.2, -0.15) is 0 Å². The summed E-state index contributed by atoms with van der Waals surface area (Å²) < 4.78 is 5.97. The molecule has 0 amide bonds. The second kappa shape index (κ2) is 5.28. The van der Waals surface area contributed by atoms with Gasteiger partial charge in [-0.3, -0.25) is 0 Å². The molecule has 1 fully saturated rings. The lowest BCUT2D eigenvalue weighted by Gasteiger charge is -2.29. The molecule has 2 heteroatoms. The average molecular weight is 230 g/mol. The number of hydrogen-bond donors (Lipinski definition) is 0. The number of hydrogen-bond acceptors (Lipinski definition) is 1. The molecule has 2 rings (SSSR count). The minimum atomic E-state index is -1.76. The van der Waals surface area contributed by atoms with Crippen molar-refractivity contribution in [1.29, 1.82) is 0 Å². The van der Waals surface area contributed by atoms with E-state index in [1.165, 1.54) is 24.4 Å². The molecule has 1 unspecified atom stereocenters. The van der Waals surface area contributed by atoms with Crippen LogP contribution in [-0.2, 0) is 4.43 Å². The predicted molar refractivity (Wildman–Crippen MR) is 71.4 cm³/mol. The van der Waals surface area contributed by atoms with Crippen molar-refractivity contribution in [1.82, 2.24) is 0 Å². The van der Waals surface area contributed by atoms with Gasteiger partial charge in [-0.25, -0.2) is 0 Å². The van der Waals surface area contributed by atoms with Crippen LogP contribution in [0.4, 0.5) is 0 Å². The van der Waals surface area contributed by atoms with Crippen LogP contribution < -0.4 is 0 Å². The Kier molecular flexibility index (Phi) is 3.75. The van der Waals surface area contributed by atoms with Gasteiger partial charge in [-0.05, 0) is 18.0 Å². The lowest BCUT2D eigenvalue weighted by atomic mass is 10.2. The Bertz CT molecular complexity index is 364. The fourth-order valence-electron chi connectivity index (χ4n) is 2.00. The standard InChI is InChI=1S/C14H18OSi/c1-2-16(12-7-6-11-15-16)13-10-14-8-4-3-5-9-14/h2-5,8-10,13H,1,6-7,11-12H2. The van der Waals surface area contributed by atoms with Crippen LogP contribution in [0, 0.1) is 0 Å². The molecule has 1 heterocycles. The van der Waals surface area contributed by atoms with Gasteiger partial charge in [-0.15, -0.1) is 6.58 Å². The fourth-order valence-corrected chi connectivity index (χ4v) is 4.67. The Labute approximate surface area is 98.6 Å². The largest absolute Gasteiger partial charge is 0.409 e. The summed E-state index contributed by atoms with van der Waals surface area (Å²) in [6, 6.07) is 11.6. The Morgan fingerprint density at radius 3 is 2.62 bits per heavy atom. The average Bonchev–Trinajstić information content (AvgIpc) is 2.39. The van der Waals surface area contributed by atoms with Crippen molar-refractivity contribution in [3.8, 4) is 0 Å². The predicted octanol–water partition coefficient (Wildman–Crippen LogP) is 3.72. The first kappa shape index (κ1) is 11.4. The molecule has 0 aliphatic carbocycles. The van der Waals surface area contributed by atoms with E-state index < -0.39 is 8.32 Å². The van der Waals surface area contributed by atoms with E-state index >= 15 is 0 Å². The molecule has 84 valence electrons. The van der Waals surface area contributed by atoms with Gasteiger partial charge in [0.25, 0.3) is 0 Å². The van der Waals surface area contributed by atoms with E-state index in [0.29, 0.717) is 0 Å². The van der Waals surface area contributed by atoms with E-state index in [1.54, 1.807) is 0 Å². The third-order valence-corrected chi connectivity index (χ3v) is 6.33. The van der Waals surface area contributed by atoms with Crippen LogP contribution in [0.1, 0.15) is 18.4 Å². The van der Waals surface area contributed by atoms with Crippen LogP contribution in [0.3, 0.4) is 0 Å². The van der Waals surface area contributed by atoms with Crippen molar-refractivity contribution < 1.29 is 4.43 Å². The Morgan fingerprint density at radius 1 is 1.19 bits per heavy atom. The summed E-state index contributed by atoms with van der Waals surface area (Å²) in [6.45, 7) is 4.85. The lowest BCUT2D eigenvalue weighted by molar-refractivity contribution is 0.282. The molecular formula is C14H18OSi. The summed E-state index contributed by atoms with van der Waals surface area (Å²) in [4.78, 5) is 0. The zero-order valence-corrected chi connectivity index (χ0v) is 10.6. The molecule has 0 aromatic heterocycles. The highest BCUT2D eigenvalue weighted by atomic mass is 28.4. The molecule has 1 atom stereocenters. The first-order valence-corrected chi connectivity index (χ1v) is 8.13. The summed E-state index contributed by atoms with van der Waals surface area (Å²) in [7, 11) is -1.76. The van der Waals surface area contributed by atoms with Crippen molar-refractivity contribution in [2.24, 2.45) is 0 Å². The minimum Gasteiger partial charge on any atom is -0.409 e. The van der Waals surface area contributed by atoms with Gasteiger partial charge < -0.3 is 4.43 Å². The molecule has 16 heavy (non-hydrogen) atoms. The van der Waals surface area contributed by atoms with Crippen LogP contribution in [0.15, 0.2) is 48.3 Å². The van der Waals surface area contributed by atoms with Gasteiger partial charge in [0.05, 0.1) is 0 Å². The zero-order valence-electron chi connectivity index (χ0n) is 9.56. The van der Waals surface area contributed by atoms with Crippen molar-refractivity contribution in [2.45, 2.75) is 18.9 Å². The molecule has 1 nitrogen and oxygen atoms in total. The van der Waals surface area contributed by atoms with Gasteiger partial charge in [0.1, 0.15) is 0 Å². The van der Waals surface area contributed by atoms with Crippen LogP contribution in [0.5, 0.6) is 0 Å². The Morgan fingerprint density at radius 2 is 2.00 bits per heavy atom. The molecule has 0 bridgehead atoms. The summed E-state index contributed by atoms with van der Waals surface area (Å²) in [6.07, 6.45) is 4.65. The monoisotopic (exact) mass is 230 g/mol. The first-order chi connectivity index (χ1) is 7.85. The van der Waals surface area contributed by atoms with Crippen LogP contribution in [0.25, 0.3) is 6.08 Å². The Balaban J connectivity index is 2.12.